The van der Waals surface area contributed by atoms with Crippen LogP contribution in [0.2, 0.25) is 5.02 Å². The van der Waals surface area contributed by atoms with Crippen LogP contribution >= 0.6 is 27.5 Å². The second-order valence-corrected chi connectivity index (χ2v) is 9.18. The number of amides is 2. The van der Waals surface area contributed by atoms with Gasteiger partial charge in [-0.3, -0.25) is 9.59 Å². The van der Waals surface area contributed by atoms with E-state index in [-0.39, 0.29) is 35.5 Å². The molecule has 1 aliphatic heterocycles. The number of nitrogens with zero attached hydrogens (tertiary/aromatic N) is 2. The van der Waals surface area contributed by atoms with Crippen LogP contribution < -0.4 is 4.74 Å². The lowest BCUT2D eigenvalue weighted by atomic mass is 9.85. The molecule has 3 aliphatic rings. The van der Waals surface area contributed by atoms with Crippen molar-refractivity contribution < 1.29 is 14.3 Å². The molecule has 152 valence electrons. The first-order valence-electron chi connectivity index (χ1n) is 9.78. The zero-order valence-electron chi connectivity index (χ0n) is 15.9. The lowest BCUT2D eigenvalue weighted by Crippen LogP contribution is -2.28. The van der Waals surface area contributed by atoms with Gasteiger partial charge in [-0.1, -0.05) is 51.8 Å². The van der Waals surface area contributed by atoms with Crippen molar-refractivity contribution in [3.8, 4) is 5.75 Å². The summed E-state index contributed by atoms with van der Waals surface area (Å²) >= 11 is 9.57. The van der Waals surface area contributed by atoms with Gasteiger partial charge in [0, 0.05) is 15.1 Å². The fraction of sp³-hybridized carbons (Fsp3) is 0.261. The molecule has 2 aliphatic carbocycles. The summed E-state index contributed by atoms with van der Waals surface area (Å²) in [6.45, 7) is 0.372. The molecule has 30 heavy (non-hydrogen) atoms. The van der Waals surface area contributed by atoms with Crippen LogP contribution in [-0.4, -0.2) is 23.0 Å². The molecule has 4 atom stereocenters. The fourth-order valence-electron chi connectivity index (χ4n) is 4.61. The van der Waals surface area contributed by atoms with E-state index in [1.165, 1.54) is 6.21 Å². The number of hydrogen-bond donors (Lipinski definition) is 0. The number of allylic oxidation sites excluding steroid dienone is 2. The van der Waals surface area contributed by atoms with Crippen molar-refractivity contribution in [1.29, 1.82) is 0 Å². The lowest BCUT2D eigenvalue weighted by molar-refractivity contribution is -0.140. The van der Waals surface area contributed by atoms with Gasteiger partial charge in [0.2, 0.25) is 0 Å². The SMILES string of the molecule is O=C1C2C3C=CC(C3)C2C(=O)N1N=Cc1cc(Cl)ccc1OCc1ccc(Br)cc1. The average Bonchev–Trinajstić information content (AvgIpc) is 3.41. The Morgan fingerprint density at radius 1 is 1.07 bits per heavy atom. The van der Waals surface area contributed by atoms with E-state index in [0.29, 0.717) is 22.9 Å². The van der Waals surface area contributed by atoms with Gasteiger partial charge in [-0.2, -0.15) is 10.1 Å². The Bertz CT molecular complexity index is 1050. The number of carbonyl (C=O) groups is 2. The number of rotatable bonds is 5. The Morgan fingerprint density at radius 3 is 2.40 bits per heavy atom. The van der Waals surface area contributed by atoms with Crippen molar-refractivity contribution in [3.05, 3.63) is 75.2 Å². The molecule has 0 N–H and O–H groups in total. The number of carbonyl (C=O) groups excluding carboxylic acids is 2. The minimum absolute atomic E-state index is 0.160. The number of benzene rings is 2. The van der Waals surface area contributed by atoms with E-state index in [9.17, 15) is 9.59 Å². The molecule has 0 radical (unpaired) electrons. The normalized spacial score (nSPS) is 26.8. The third-order valence-electron chi connectivity index (χ3n) is 6.04. The van der Waals surface area contributed by atoms with Crippen LogP contribution in [-0.2, 0) is 16.2 Å². The summed E-state index contributed by atoms with van der Waals surface area (Å²) in [6, 6.07) is 13.0. The van der Waals surface area contributed by atoms with Crippen molar-refractivity contribution in [2.75, 3.05) is 0 Å². The molecule has 7 heteroatoms. The quantitative estimate of drug-likeness (QED) is 0.346. The Morgan fingerprint density at radius 2 is 1.73 bits per heavy atom. The second kappa shape index (κ2) is 7.67. The van der Waals surface area contributed by atoms with Gasteiger partial charge in [0.15, 0.2) is 0 Å². The van der Waals surface area contributed by atoms with E-state index in [2.05, 4.69) is 33.2 Å². The zero-order valence-corrected chi connectivity index (χ0v) is 18.2. The Labute approximate surface area is 187 Å². The van der Waals surface area contributed by atoms with Crippen LogP contribution in [0.5, 0.6) is 5.75 Å². The molecule has 2 aromatic carbocycles. The third kappa shape index (κ3) is 3.38. The van der Waals surface area contributed by atoms with Gasteiger partial charge in [0.05, 0.1) is 18.1 Å². The van der Waals surface area contributed by atoms with Gasteiger partial charge in [0.25, 0.3) is 11.8 Å². The number of hydrogen-bond acceptors (Lipinski definition) is 4. The first-order chi connectivity index (χ1) is 14.5. The Kier molecular flexibility index (Phi) is 4.99. The van der Waals surface area contributed by atoms with Gasteiger partial charge in [-0.15, -0.1) is 0 Å². The molecule has 1 heterocycles. The first kappa shape index (κ1) is 19.5. The molecule has 1 saturated heterocycles. The predicted octanol–water partition coefficient (Wildman–Crippen LogP) is 4.82. The summed E-state index contributed by atoms with van der Waals surface area (Å²) in [5.74, 6) is -0.0588. The number of fused-ring (bicyclic) bond motifs is 5. The summed E-state index contributed by atoms with van der Waals surface area (Å²) in [5.41, 5.74) is 1.62. The van der Waals surface area contributed by atoms with Crippen molar-refractivity contribution >= 4 is 45.6 Å². The third-order valence-corrected chi connectivity index (χ3v) is 6.80. The van der Waals surface area contributed by atoms with E-state index in [1.54, 1.807) is 18.2 Å². The molecule has 2 amide bonds. The number of halogens is 2. The largest absolute Gasteiger partial charge is 0.488 e. The summed E-state index contributed by atoms with van der Waals surface area (Å²) in [6.07, 6.45) is 6.51. The summed E-state index contributed by atoms with van der Waals surface area (Å²) in [4.78, 5) is 25.6. The minimum Gasteiger partial charge on any atom is -0.488 e. The fourth-order valence-corrected chi connectivity index (χ4v) is 5.06. The highest BCUT2D eigenvalue weighted by molar-refractivity contribution is 9.10. The van der Waals surface area contributed by atoms with E-state index >= 15 is 0 Å². The van der Waals surface area contributed by atoms with E-state index < -0.39 is 0 Å². The van der Waals surface area contributed by atoms with Crippen molar-refractivity contribution in [3.63, 3.8) is 0 Å². The van der Waals surface area contributed by atoms with Gasteiger partial charge in [0.1, 0.15) is 12.4 Å². The lowest BCUT2D eigenvalue weighted by Gasteiger charge is -2.13. The van der Waals surface area contributed by atoms with Crippen LogP contribution in [0.15, 0.2) is 64.2 Å². The summed E-state index contributed by atoms with van der Waals surface area (Å²) in [5, 5.41) is 5.79. The van der Waals surface area contributed by atoms with E-state index in [4.69, 9.17) is 16.3 Å². The molecule has 2 fully saturated rings. The smallest absolute Gasteiger partial charge is 0.254 e. The molecule has 4 unspecified atom stereocenters. The maximum absolute atomic E-state index is 12.8. The van der Waals surface area contributed by atoms with Gasteiger partial charge in [-0.05, 0) is 54.2 Å². The molecular formula is C23H18BrClN2O3. The molecule has 5 nitrogen and oxygen atoms in total. The van der Waals surface area contributed by atoms with E-state index in [0.717, 1.165) is 21.5 Å². The molecule has 1 saturated carbocycles. The maximum atomic E-state index is 12.8. The van der Waals surface area contributed by atoms with Gasteiger partial charge in [-0.25, -0.2) is 0 Å². The van der Waals surface area contributed by atoms with Crippen molar-refractivity contribution in [1.82, 2.24) is 5.01 Å². The predicted molar refractivity (Wildman–Crippen MR) is 117 cm³/mol. The second-order valence-electron chi connectivity index (χ2n) is 7.83. The highest BCUT2D eigenvalue weighted by Crippen LogP contribution is 2.52. The monoisotopic (exact) mass is 484 g/mol. The molecule has 2 aromatic rings. The highest BCUT2D eigenvalue weighted by atomic mass is 79.9. The zero-order chi connectivity index (χ0) is 20.8. The van der Waals surface area contributed by atoms with Crippen LogP contribution in [0.3, 0.4) is 0 Å². The standard InChI is InChI=1S/C23H18BrClN2O3/c24-17-5-1-13(2-6-17)12-30-19-8-7-18(25)10-16(19)11-26-27-22(28)20-14-3-4-15(9-14)21(20)23(27)29/h1-8,10-11,14-15,20-21H,9,12H2. The number of ether oxygens (including phenoxy) is 1. The minimum atomic E-state index is -0.267. The van der Waals surface area contributed by atoms with Crippen molar-refractivity contribution in [2.24, 2.45) is 28.8 Å². The van der Waals surface area contributed by atoms with Gasteiger partial charge >= 0.3 is 0 Å². The van der Waals surface area contributed by atoms with Crippen LogP contribution in [0, 0.1) is 23.7 Å². The molecule has 0 aromatic heterocycles. The Balaban J connectivity index is 1.35. The molecule has 0 spiro atoms. The van der Waals surface area contributed by atoms with Crippen molar-refractivity contribution in [2.45, 2.75) is 13.0 Å². The maximum Gasteiger partial charge on any atom is 0.254 e. The molecule has 2 bridgehead atoms. The summed E-state index contributed by atoms with van der Waals surface area (Å²) in [7, 11) is 0. The van der Waals surface area contributed by atoms with Crippen LogP contribution in [0.4, 0.5) is 0 Å². The first-order valence-corrected chi connectivity index (χ1v) is 11.0. The number of imide groups is 1. The molecular weight excluding hydrogens is 468 g/mol. The summed E-state index contributed by atoms with van der Waals surface area (Å²) < 4.78 is 6.94. The van der Waals surface area contributed by atoms with Crippen LogP contribution in [0.25, 0.3) is 0 Å². The number of hydrazone groups is 1. The van der Waals surface area contributed by atoms with E-state index in [1.807, 2.05) is 24.3 Å². The average molecular weight is 486 g/mol. The van der Waals surface area contributed by atoms with Crippen LogP contribution in [0.1, 0.15) is 17.5 Å². The topological polar surface area (TPSA) is 59.0 Å². The van der Waals surface area contributed by atoms with Gasteiger partial charge < -0.3 is 4.74 Å². The molecule has 5 rings (SSSR count). The highest BCUT2D eigenvalue weighted by Gasteiger charge is 2.59. The Hall–Kier alpha value is -2.44.